The van der Waals surface area contributed by atoms with Crippen LogP contribution in [0.4, 0.5) is 0 Å². The van der Waals surface area contributed by atoms with Gasteiger partial charge in [0.05, 0.1) is 11.4 Å². The van der Waals surface area contributed by atoms with E-state index in [4.69, 9.17) is 5.73 Å². The van der Waals surface area contributed by atoms with Crippen molar-refractivity contribution in [2.45, 2.75) is 54.7 Å². The highest BCUT2D eigenvalue weighted by molar-refractivity contribution is 7.92. The summed E-state index contributed by atoms with van der Waals surface area (Å²) in [7, 11) is -3.33. The van der Waals surface area contributed by atoms with Crippen LogP contribution in [0.25, 0.3) is 0 Å². The summed E-state index contributed by atoms with van der Waals surface area (Å²) in [6.45, 7) is 0. The van der Waals surface area contributed by atoms with Crippen LogP contribution >= 0.6 is 0 Å². The van der Waals surface area contributed by atoms with Gasteiger partial charge in [0.25, 0.3) is 0 Å². The maximum atomic E-state index is 12.2. The first kappa shape index (κ1) is 15.2. The van der Waals surface area contributed by atoms with Crippen LogP contribution in [-0.4, -0.2) is 35.1 Å². The molecule has 1 heterocycles. The molecule has 0 aromatic carbocycles. The average molecular weight is 325 g/mol. The highest BCUT2D eigenvalue weighted by Gasteiger charge is 2.38. The molecule has 2 unspecified atom stereocenters. The van der Waals surface area contributed by atoms with Gasteiger partial charge in [-0.25, -0.2) is 8.42 Å². The van der Waals surface area contributed by atoms with Crippen LogP contribution in [0.1, 0.15) is 44.6 Å². The number of carbonyl (C=O) groups is 2. The summed E-state index contributed by atoms with van der Waals surface area (Å²) in [4.78, 5) is 23.2. The zero-order valence-corrected chi connectivity index (χ0v) is 13.0. The minimum atomic E-state index is -3.33. The largest absolute Gasteiger partial charge is 0.368 e. The molecule has 8 heteroatoms. The lowest BCUT2D eigenvalue weighted by atomic mass is 9.98. The Morgan fingerprint density at radius 1 is 1.41 bits per heavy atom. The van der Waals surface area contributed by atoms with Crippen LogP contribution in [0, 0.1) is 5.92 Å². The first-order valence-corrected chi connectivity index (χ1v) is 9.01. The Labute approximate surface area is 128 Å². The molecule has 2 saturated carbocycles. The van der Waals surface area contributed by atoms with Gasteiger partial charge in [-0.05, 0) is 31.6 Å². The monoisotopic (exact) mass is 325 g/mol. The van der Waals surface area contributed by atoms with E-state index < -0.39 is 21.8 Å². The van der Waals surface area contributed by atoms with Crippen molar-refractivity contribution in [2.75, 3.05) is 0 Å². The van der Waals surface area contributed by atoms with Gasteiger partial charge in [-0.2, -0.15) is 5.10 Å². The summed E-state index contributed by atoms with van der Waals surface area (Å²) in [6.07, 6.45) is 6.19. The number of nitrogens with two attached hydrogens (primary N) is 1. The molecule has 0 aliphatic heterocycles. The van der Waals surface area contributed by atoms with Crippen molar-refractivity contribution >= 4 is 21.5 Å². The van der Waals surface area contributed by atoms with Crippen molar-refractivity contribution in [3.8, 4) is 0 Å². The lowest BCUT2D eigenvalue weighted by molar-refractivity contribution is -0.122. The summed E-state index contributed by atoms with van der Waals surface area (Å²) in [5.74, 6) is -0.249. The Hall–Kier alpha value is -1.70. The molecule has 2 aliphatic rings. The fourth-order valence-electron chi connectivity index (χ4n) is 2.97. The molecule has 1 amide bonds. The van der Waals surface area contributed by atoms with E-state index in [0.717, 1.165) is 6.42 Å². The molecule has 3 rings (SSSR count). The van der Waals surface area contributed by atoms with Gasteiger partial charge in [0.1, 0.15) is 16.7 Å². The second-order valence-electron chi connectivity index (χ2n) is 6.20. The van der Waals surface area contributed by atoms with Gasteiger partial charge in [0.2, 0.25) is 5.91 Å². The smallest absolute Gasteiger partial charge is 0.242 e. The molecule has 0 spiro atoms. The van der Waals surface area contributed by atoms with E-state index in [0.29, 0.717) is 32.1 Å². The molecule has 0 radical (unpaired) electrons. The topological polar surface area (TPSA) is 112 Å². The number of aromatic nitrogens is 2. The van der Waals surface area contributed by atoms with E-state index in [9.17, 15) is 18.0 Å². The molecule has 2 N–H and O–H groups in total. The van der Waals surface area contributed by atoms with Gasteiger partial charge in [0, 0.05) is 19.0 Å². The molecule has 22 heavy (non-hydrogen) atoms. The number of sulfone groups is 1. The van der Waals surface area contributed by atoms with Gasteiger partial charge in [0.15, 0.2) is 9.84 Å². The maximum absolute atomic E-state index is 12.2. The Morgan fingerprint density at radius 2 is 2.14 bits per heavy atom. The minimum absolute atomic E-state index is 0.109. The standard InChI is InChI=1S/C14H19N3O4S/c15-14(19)13(6-9-1-2-10(18)5-9)17-8-12(7-16-17)22(20,21)11-3-4-11/h7-9,11,13H,1-6H2,(H2,15,19). The molecule has 2 atom stereocenters. The normalized spacial score (nSPS) is 23.6. The second-order valence-corrected chi connectivity index (χ2v) is 8.43. The number of nitrogens with zero attached hydrogens (tertiary/aromatic N) is 2. The van der Waals surface area contributed by atoms with E-state index in [-0.39, 0.29) is 21.8 Å². The van der Waals surface area contributed by atoms with E-state index in [1.807, 2.05) is 0 Å². The third-order valence-electron chi connectivity index (χ3n) is 4.42. The molecule has 1 aromatic heterocycles. The Bertz CT molecular complexity index is 705. The van der Waals surface area contributed by atoms with Gasteiger partial charge < -0.3 is 5.73 Å². The number of carbonyl (C=O) groups excluding carboxylic acids is 2. The fraction of sp³-hybridized carbons (Fsp3) is 0.643. The Kier molecular flexibility index (Phi) is 3.80. The number of hydrogen-bond donors (Lipinski definition) is 1. The molecule has 0 saturated heterocycles. The van der Waals surface area contributed by atoms with Crippen molar-refractivity contribution in [2.24, 2.45) is 11.7 Å². The predicted octanol–water partition coefficient (Wildman–Crippen LogP) is 0.605. The Balaban J connectivity index is 1.79. The SMILES string of the molecule is NC(=O)C(CC1CCC(=O)C1)n1cc(S(=O)(=O)C2CC2)cn1. The van der Waals surface area contributed by atoms with Crippen LogP contribution in [0.5, 0.6) is 0 Å². The van der Waals surface area contributed by atoms with Crippen molar-refractivity contribution in [3.05, 3.63) is 12.4 Å². The summed E-state index contributed by atoms with van der Waals surface area (Å²) in [5.41, 5.74) is 5.44. The van der Waals surface area contributed by atoms with Crippen molar-refractivity contribution in [1.29, 1.82) is 0 Å². The molecule has 1 aromatic rings. The number of Topliss-reactive ketones (excluding diaryl/α,β-unsaturated/α-hetero) is 1. The highest BCUT2D eigenvalue weighted by Crippen LogP contribution is 2.34. The van der Waals surface area contributed by atoms with E-state index in [2.05, 4.69) is 5.10 Å². The van der Waals surface area contributed by atoms with E-state index in [1.54, 1.807) is 0 Å². The fourth-order valence-corrected chi connectivity index (χ4v) is 4.56. The quantitative estimate of drug-likeness (QED) is 0.823. The maximum Gasteiger partial charge on any atom is 0.242 e. The van der Waals surface area contributed by atoms with Crippen LogP contribution in [0.2, 0.25) is 0 Å². The van der Waals surface area contributed by atoms with Crippen LogP contribution in [-0.2, 0) is 19.4 Å². The molecular weight excluding hydrogens is 306 g/mol. The number of ketones is 1. The van der Waals surface area contributed by atoms with Crippen molar-refractivity contribution < 1.29 is 18.0 Å². The molecule has 2 aliphatic carbocycles. The molecule has 7 nitrogen and oxygen atoms in total. The molecule has 0 bridgehead atoms. The van der Waals surface area contributed by atoms with Gasteiger partial charge in [-0.3, -0.25) is 14.3 Å². The number of amides is 1. The van der Waals surface area contributed by atoms with Crippen LogP contribution in [0.15, 0.2) is 17.3 Å². The van der Waals surface area contributed by atoms with E-state index >= 15 is 0 Å². The first-order valence-electron chi connectivity index (χ1n) is 7.47. The summed E-state index contributed by atoms with van der Waals surface area (Å²) in [6, 6.07) is -0.709. The zero-order chi connectivity index (χ0) is 15.9. The van der Waals surface area contributed by atoms with Crippen molar-refractivity contribution in [1.82, 2.24) is 9.78 Å². The highest BCUT2D eigenvalue weighted by atomic mass is 32.2. The van der Waals surface area contributed by atoms with Crippen molar-refractivity contribution in [3.63, 3.8) is 0 Å². The van der Waals surface area contributed by atoms with Gasteiger partial charge in [-0.1, -0.05) is 0 Å². The van der Waals surface area contributed by atoms with E-state index in [1.165, 1.54) is 17.1 Å². The Morgan fingerprint density at radius 3 is 2.68 bits per heavy atom. The van der Waals surface area contributed by atoms with Gasteiger partial charge in [-0.15, -0.1) is 0 Å². The predicted molar refractivity (Wildman–Crippen MR) is 77.6 cm³/mol. The average Bonchev–Trinajstić information content (AvgIpc) is 3.06. The number of primary amides is 1. The summed E-state index contributed by atoms with van der Waals surface area (Å²) < 4.78 is 25.7. The van der Waals surface area contributed by atoms with Crippen LogP contribution < -0.4 is 5.73 Å². The lowest BCUT2D eigenvalue weighted by Crippen LogP contribution is -2.28. The lowest BCUT2D eigenvalue weighted by Gasteiger charge is -2.17. The third kappa shape index (κ3) is 2.92. The third-order valence-corrected chi connectivity index (χ3v) is 6.64. The van der Waals surface area contributed by atoms with Gasteiger partial charge >= 0.3 is 0 Å². The second kappa shape index (κ2) is 5.49. The summed E-state index contributed by atoms with van der Waals surface area (Å²) in [5, 5.41) is 3.71. The zero-order valence-electron chi connectivity index (χ0n) is 12.1. The number of rotatable bonds is 6. The number of hydrogen-bond acceptors (Lipinski definition) is 5. The first-order chi connectivity index (χ1) is 10.4. The molecular formula is C14H19N3O4S. The van der Waals surface area contributed by atoms with Crippen LogP contribution in [0.3, 0.4) is 0 Å². The molecule has 2 fully saturated rings. The molecule has 120 valence electrons. The summed E-state index contributed by atoms with van der Waals surface area (Å²) >= 11 is 0. The minimum Gasteiger partial charge on any atom is -0.368 e.